The lowest BCUT2D eigenvalue weighted by atomic mass is 10.3. The maximum absolute atomic E-state index is 12.0. The van der Waals surface area contributed by atoms with Gasteiger partial charge in [-0.25, -0.2) is 4.98 Å². The molecule has 0 bridgehead atoms. The topological polar surface area (TPSA) is 110 Å². The second-order valence-corrected chi connectivity index (χ2v) is 9.60. The summed E-state index contributed by atoms with van der Waals surface area (Å²) >= 11 is 1.35. The second kappa shape index (κ2) is 9.00. The Bertz CT molecular complexity index is 842. The van der Waals surface area contributed by atoms with Crippen LogP contribution in [0.25, 0.3) is 10.6 Å². The van der Waals surface area contributed by atoms with E-state index in [-0.39, 0.29) is 0 Å². The molecule has 2 rings (SSSR count). The van der Waals surface area contributed by atoms with Gasteiger partial charge in [0.05, 0.1) is 6.61 Å². The summed E-state index contributed by atoms with van der Waals surface area (Å²) in [4.78, 5) is 4.14. The highest BCUT2D eigenvalue weighted by Crippen LogP contribution is 2.42. The largest absolute Gasteiger partial charge is 0.522 e. The minimum atomic E-state index is -5.84. The zero-order chi connectivity index (χ0) is 20.0. The predicted molar refractivity (Wildman–Crippen MR) is 88.3 cm³/mol. The van der Waals surface area contributed by atoms with Gasteiger partial charge in [-0.15, -0.1) is 0 Å². The van der Waals surface area contributed by atoms with E-state index in [9.17, 15) is 17.7 Å². The highest BCUT2D eigenvalue weighted by atomic mass is 32.2. The van der Waals surface area contributed by atoms with E-state index in [0.29, 0.717) is 12.9 Å². The number of hydrogen-bond donors (Lipinski definition) is 1. The van der Waals surface area contributed by atoms with Crippen LogP contribution in [0.4, 0.5) is 13.2 Å². The van der Waals surface area contributed by atoms with Crippen molar-refractivity contribution >= 4 is 29.0 Å². The van der Waals surface area contributed by atoms with Crippen molar-refractivity contribution in [3.8, 4) is 10.6 Å². The van der Waals surface area contributed by atoms with Gasteiger partial charge in [-0.3, -0.25) is 9.12 Å². The van der Waals surface area contributed by atoms with Crippen LogP contribution >= 0.6 is 18.9 Å². The summed E-state index contributed by atoms with van der Waals surface area (Å²) in [6.45, 7) is 3.97. The first-order chi connectivity index (χ1) is 11.9. The molecule has 14 heteroatoms. The van der Waals surface area contributed by atoms with Crippen LogP contribution in [0, 0.1) is 0 Å². The molecular weight excluding hydrogens is 418 g/mol. The molecule has 1 unspecified atom stereocenters. The minimum Gasteiger partial charge on any atom is -0.325 e. The van der Waals surface area contributed by atoms with E-state index in [1.54, 1.807) is 6.66 Å². The molecule has 1 atom stereocenters. The number of rotatable bonds is 5. The Morgan fingerprint density at radius 1 is 1.35 bits per heavy atom. The zero-order valence-electron chi connectivity index (χ0n) is 13.6. The van der Waals surface area contributed by atoms with Crippen molar-refractivity contribution in [3.63, 3.8) is 0 Å². The second-order valence-electron chi connectivity index (χ2n) is 4.84. The van der Waals surface area contributed by atoms with E-state index in [1.807, 2.05) is 36.0 Å². The molecule has 0 fully saturated rings. The number of aromatic nitrogens is 3. The molecule has 146 valence electrons. The molecule has 2 aromatic rings. The first-order valence-electron chi connectivity index (χ1n) is 6.86. The van der Waals surface area contributed by atoms with Gasteiger partial charge < -0.3 is 4.52 Å². The van der Waals surface area contributed by atoms with Crippen LogP contribution in [0.5, 0.6) is 0 Å². The van der Waals surface area contributed by atoms with Crippen molar-refractivity contribution in [2.24, 2.45) is 0 Å². The van der Waals surface area contributed by atoms with Gasteiger partial charge in [-0.05, 0) is 18.5 Å². The first-order valence-corrected chi connectivity index (χ1v) is 11.3. The molecule has 0 saturated carbocycles. The molecule has 8 nitrogen and oxygen atoms in total. The summed E-state index contributed by atoms with van der Waals surface area (Å²) in [6, 6.07) is 3.87. The molecule has 0 aromatic carbocycles. The van der Waals surface area contributed by atoms with Crippen molar-refractivity contribution in [1.82, 2.24) is 9.36 Å². The van der Waals surface area contributed by atoms with E-state index in [0.717, 1.165) is 10.6 Å². The molecule has 1 N–H and O–H groups in total. The van der Waals surface area contributed by atoms with E-state index >= 15 is 0 Å². The number of halogens is 3. The third-order valence-corrected chi connectivity index (χ3v) is 5.56. The van der Waals surface area contributed by atoms with Crippen LogP contribution in [0.1, 0.15) is 6.92 Å². The fraction of sp³-hybridized carbons (Fsp3) is 0.417. The Morgan fingerprint density at radius 3 is 2.27 bits per heavy atom. The zero-order valence-corrected chi connectivity index (χ0v) is 16.1. The summed E-state index contributed by atoms with van der Waals surface area (Å²) in [6.07, 6.45) is 5.69. The normalized spacial score (nSPS) is 14.2. The van der Waals surface area contributed by atoms with Crippen LogP contribution in [-0.2, 0) is 25.5 Å². The summed E-state index contributed by atoms with van der Waals surface area (Å²) in [5.74, 6) is 0. The minimum absolute atomic E-state index is 0.386. The van der Waals surface area contributed by atoms with E-state index < -0.39 is 23.0 Å². The van der Waals surface area contributed by atoms with Gasteiger partial charge in [0.2, 0.25) is 6.29 Å². The number of hydrogen-bond acceptors (Lipinski definition) is 7. The SMILES string of the molecule is CCOP(C)(=O)C[n+]1ccc(-c2ncns2)cc1.O=S(=O)(O)C(F)(F)F. The third-order valence-electron chi connectivity index (χ3n) is 2.61. The Morgan fingerprint density at radius 2 is 1.88 bits per heavy atom. The van der Waals surface area contributed by atoms with Gasteiger partial charge >= 0.3 is 15.6 Å². The standard InChI is InChI=1S/C11H15N3O2PS.CHF3O3S/c1-3-16-17(2,15)9-14-6-4-10(5-7-14)11-12-8-13-18-11;2-1(3,4)8(5,6)7/h4-8H,3,9H2,1-2H3;(H,5,6,7)/q+1;. The highest BCUT2D eigenvalue weighted by Gasteiger charge is 2.44. The molecule has 26 heavy (non-hydrogen) atoms. The van der Waals surface area contributed by atoms with Crippen molar-refractivity contribution < 1.29 is 39.8 Å². The lowest BCUT2D eigenvalue weighted by Gasteiger charge is -2.08. The molecule has 0 radical (unpaired) electrons. The van der Waals surface area contributed by atoms with Crippen molar-refractivity contribution in [2.75, 3.05) is 13.3 Å². The summed E-state index contributed by atoms with van der Waals surface area (Å²) < 4.78 is 80.7. The summed E-state index contributed by atoms with van der Waals surface area (Å²) in [5.41, 5.74) is -4.52. The Kier molecular flexibility index (Phi) is 7.84. The summed E-state index contributed by atoms with van der Waals surface area (Å²) in [5, 5.41) is 0.881. The van der Waals surface area contributed by atoms with E-state index in [2.05, 4.69) is 9.36 Å². The lowest BCUT2D eigenvalue weighted by Crippen LogP contribution is -2.32. The fourth-order valence-electron chi connectivity index (χ4n) is 1.61. The molecular formula is C12H16F3N3O5PS2+. The molecule has 2 aromatic heterocycles. The van der Waals surface area contributed by atoms with Crippen LogP contribution in [0.2, 0.25) is 0 Å². The Hall–Kier alpha value is -1.40. The lowest BCUT2D eigenvalue weighted by molar-refractivity contribution is -0.679. The van der Waals surface area contributed by atoms with Gasteiger partial charge in [-0.1, -0.05) is 0 Å². The van der Waals surface area contributed by atoms with E-state index in [4.69, 9.17) is 17.5 Å². The molecule has 0 aliphatic rings. The fourth-order valence-corrected chi connectivity index (χ4v) is 3.54. The quantitative estimate of drug-likeness (QED) is 0.333. The molecule has 0 spiro atoms. The monoisotopic (exact) mass is 434 g/mol. The van der Waals surface area contributed by atoms with Crippen molar-refractivity contribution in [3.05, 3.63) is 30.9 Å². The maximum Gasteiger partial charge on any atom is 0.522 e. The van der Waals surface area contributed by atoms with Gasteiger partial charge in [0.15, 0.2) is 12.4 Å². The summed E-state index contributed by atoms with van der Waals surface area (Å²) in [7, 11) is -8.39. The smallest absolute Gasteiger partial charge is 0.325 e. The van der Waals surface area contributed by atoms with Crippen LogP contribution in [0.3, 0.4) is 0 Å². The Labute approximate surface area is 152 Å². The average molecular weight is 434 g/mol. The van der Waals surface area contributed by atoms with Gasteiger partial charge in [0.25, 0.3) is 7.37 Å². The number of pyridine rings is 1. The van der Waals surface area contributed by atoms with Crippen molar-refractivity contribution in [1.29, 1.82) is 0 Å². The van der Waals surface area contributed by atoms with E-state index in [1.165, 1.54) is 17.9 Å². The third kappa shape index (κ3) is 7.46. The molecule has 0 saturated heterocycles. The van der Waals surface area contributed by atoms with Crippen LogP contribution in [0.15, 0.2) is 30.9 Å². The number of nitrogens with zero attached hydrogens (tertiary/aromatic N) is 3. The van der Waals surface area contributed by atoms with Gasteiger partial charge in [0, 0.05) is 24.4 Å². The molecule has 0 aliphatic heterocycles. The molecule has 0 amide bonds. The predicted octanol–water partition coefficient (Wildman–Crippen LogP) is 2.79. The maximum atomic E-state index is 12.0. The van der Waals surface area contributed by atoms with Crippen molar-refractivity contribution in [2.45, 2.75) is 18.7 Å². The van der Waals surface area contributed by atoms with Gasteiger partial charge in [0.1, 0.15) is 11.3 Å². The molecule has 2 heterocycles. The highest BCUT2D eigenvalue weighted by molar-refractivity contribution is 7.86. The molecule has 0 aliphatic carbocycles. The average Bonchev–Trinajstić information content (AvgIpc) is 3.00. The number of alkyl halides is 3. The van der Waals surface area contributed by atoms with Gasteiger partial charge in [-0.2, -0.15) is 30.5 Å². The first kappa shape index (κ1) is 22.6. The Balaban J connectivity index is 0.000000359. The van der Waals surface area contributed by atoms with Crippen LogP contribution in [-0.4, -0.2) is 41.1 Å². The van der Waals surface area contributed by atoms with Crippen LogP contribution < -0.4 is 4.57 Å².